The summed E-state index contributed by atoms with van der Waals surface area (Å²) in [5, 5.41) is 0. The monoisotopic (exact) mass is 416 g/mol. The van der Waals surface area contributed by atoms with E-state index in [2.05, 4.69) is 18.4 Å². The maximum Gasteiger partial charge on any atom is 0.305 e. The molecule has 0 aliphatic heterocycles. The molecule has 0 aliphatic carbocycles. The van der Waals surface area contributed by atoms with E-state index in [1.807, 2.05) is 0 Å². The summed E-state index contributed by atoms with van der Waals surface area (Å²) >= 11 is 0. The minimum Gasteiger partial charge on any atom is -0.469 e. The molecule has 0 fully saturated rings. The molecule has 2 radical (unpaired) electrons. The van der Waals surface area contributed by atoms with E-state index in [1.165, 1.54) is 7.11 Å². The molecule has 0 amide bonds. The minimum atomic E-state index is -0.198. The van der Waals surface area contributed by atoms with E-state index in [0.717, 1.165) is 19.3 Å². The van der Waals surface area contributed by atoms with Crippen LogP contribution < -0.4 is 0 Å². The zero-order valence-corrected chi connectivity index (χ0v) is 17.4. The zero-order valence-electron chi connectivity index (χ0n) is 16.3. The summed E-state index contributed by atoms with van der Waals surface area (Å²) in [7, 11) is 1.42. The quantitative estimate of drug-likeness (QED) is 0.221. The van der Waals surface area contributed by atoms with Gasteiger partial charge >= 0.3 is 17.9 Å². The maximum atomic E-state index is 10.9. The first-order valence-electron chi connectivity index (χ1n) is 8.60. The number of ether oxygens (including phenoxy) is 3. The van der Waals surface area contributed by atoms with Gasteiger partial charge in [-0.15, -0.1) is 0 Å². The number of hydrogen-bond acceptors (Lipinski definition) is 7. The van der Waals surface area contributed by atoms with Crippen LogP contribution >= 0.6 is 0 Å². The Morgan fingerprint density at radius 1 is 0.692 bits per heavy atom. The van der Waals surface area contributed by atoms with Crippen molar-refractivity contribution in [3.63, 3.8) is 0 Å². The van der Waals surface area contributed by atoms with E-state index < -0.39 is 0 Å². The second kappa shape index (κ2) is 28.4. The van der Waals surface area contributed by atoms with Crippen LogP contribution in [-0.2, 0) is 50.5 Å². The van der Waals surface area contributed by atoms with Crippen molar-refractivity contribution in [2.24, 2.45) is 0 Å². The van der Waals surface area contributed by atoms with Crippen LogP contribution in [0.15, 0.2) is 0 Å². The van der Waals surface area contributed by atoms with Crippen molar-refractivity contribution in [2.45, 2.75) is 72.1 Å². The Balaban J connectivity index is -0.000000176. The normalized spacial score (nSPS) is 8.46. The molecule has 26 heavy (non-hydrogen) atoms. The summed E-state index contributed by atoms with van der Waals surface area (Å²) in [5.74, 6) is -0.490. The Bertz CT molecular complexity index is 316. The van der Waals surface area contributed by atoms with Gasteiger partial charge in [-0.05, 0) is 33.1 Å². The van der Waals surface area contributed by atoms with Gasteiger partial charge in [-0.1, -0.05) is 19.8 Å². The molecule has 7 nitrogen and oxygen atoms in total. The van der Waals surface area contributed by atoms with E-state index >= 15 is 0 Å². The van der Waals surface area contributed by atoms with Crippen LogP contribution in [0.4, 0.5) is 0 Å². The van der Waals surface area contributed by atoms with Crippen LogP contribution in [0.5, 0.6) is 0 Å². The van der Waals surface area contributed by atoms with Gasteiger partial charge < -0.3 is 14.2 Å². The van der Waals surface area contributed by atoms with Gasteiger partial charge in [0.15, 0.2) is 0 Å². The number of rotatable bonds is 11. The molecule has 0 aromatic carbocycles. The molecule has 0 saturated heterocycles. The molecule has 0 rings (SSSR count). The van der Waals surface area contributed by atoms with Crippen molar-refractivity contribution in [3.05, 3.63) is 0 Å². The van der Waals surface area contributed by atoms with Crippen LogP contribution in [0.1, 0.15) is 72.1 Å². The summed E-state index contributed by atoms with van der Waals surface area (Å²) in [6.07, 6.45) is 5.93. The van der Waals surface area contributed by atoms with Crippen LogP contribution in [0.3, 0.4) is 0 Å². The molecule has 0 N–H and O–H groups in total. The van der Waals surface area contributed by atoms with Crippen molar-refractivity contribution >= 4 is 24.7 Å². The van der Waals surface area contributed by atoms with Gasteiger partial charge in [0.25, 0.3) is 6.79 Å². The average molecular weight is 416 g/mol. The Hall–Kier alpha value is -1.40. The third kappa shape index (κ3) is 30.5. The first-order valence-corrected chi connectivity index (χ1v) is 8.60. The fourth-order valence-electron chi connectivity index (χ4n) is 1.63. The number of carbonyl (C=O) groups is 3. The number of unbranched alkanes of at least 4 members (excludes halogenated alkanes) is 3. The van der Waals surface area contributed by atoms with E-state index in [4.69, 9.17) is 14.3 Å². The molecular weight excluding hydrogens is 384 g/mol. The van der Waals surface area contributed by atoms with Gasteiger partial charge in [0.05, 0.1) is 20.3 Å². The predicted molar refractivity (Wildman–Crippen MR) is 93.6 cm³/mol. The third-order valence-corrected chi connectivity index (χ3v) is 2.83. The van der Waals surface area contributed by atoms with Crippen molar-refractivity contribution < 1.29 is 50.5 Å². The Labute approximate surface area is 168 Å². The van der Waals surface area contributed by atoms with Gasteiger partial charge in [-0.25, -0.2) is 0 Å². The van der Waals surface area contributed by atoms with Gasteiger partial charge in [0.2, 0.25) is 0 Å². The van der Waals surface area contributed by atoms with Crippen molar-refractivity contribution in [3.8, 4) is 0 Å². The summed E-state index contributed by atoms with van der Waals surface area (Å²) < 4.78 is 13.9. The second-order valence-corrected chi connectivity index (χ2v) is 4.85. The summed E-state index contributed by atoms with van der Waals surface area (Å²) in [6, 6.07) is 0. The Morgan fingerprint density at radius 3 is 1.35 bits per heavy atom. The summed E-state index contributed by atoms with van der Waals surface area (Å²) in [5.41, 5.74) is 0. The Kier molecular flexibility index (Phi) is 35.3. The van der Waals surface area contributed by atoms with Crippen LogP contribution in [0, 0.1) is 0 Å². The molecular formula is C18H32FeO7. The third-order valence-electron chi connectivity index (χ3n) is 2.83. The van der Waals surface area contributed by atoms with Gasteiger partial charge in [-0.3, -0.25) is 19.2 Å². The molecule has 0 atom stereocenters. The number of methoxy groups -OCH3 is 1. The van der Waals surface area contributed by atoms with Crippen molar-refractivity contribution in [2.75, 3.05) is 20.3 Å². The first kappa shape index (κ1) is 32.3. The maximum absolute atomic E-state index is 10.9. The molecule has 0 spiro atoms. The van der Waals surface area contributed by atoms with E-state index in [1.54, 1.807) is 13.8 Å². The zero-order chi connectivity index (χ0) is 19.9. The SMILES string of the molecule is CCCCCC(=O)OC.CCOC(=O)CCCCC(=O)OCC.[C]=O.[Fe]. The van der Waals surface area contributed by atoms with Crippen LogP contribution in [0.25, 0.3) is 0 Å². The largest absolute Gasteiger partial charge is 0.469 e. The second-order valence-electron chi connectivity index (χ2n) is 4.85. The summed E-state index contributed by atoms with van der Waals surface area (Å²) in [6.45, 7) is 11.0. The van der Waals surface area contributed by atoms with Gasteiger partial charge in [0.1, 0.15) is 0 Å². The smallest absolute Gasteiger partial charge is 0.305 e. The molecule has 154 valence electrons. The Morgan fingerprint density at radius 2 is 1.04 bits per heavy atom. The topological polar surface area (TPSA) is 96.0 Å². The molecule has 0 unspecified atom stereocenters. The van der Waals surface area contributed by atoms with Crippen molar-refractivity contribution in [1.82, 2.24) is 0 Å². The van der Waals surface area contributed by atoms with E-state index in [0.29, 0.717) is 45.3 Å². The van der Waals surface area contributed by atoms with Crippen LogP contribution in [-0.4, -0.2) is 45.0 Å². The molecule has 0 aliphatic rings. The molecule has 0 bridgehead atoms. The van der Waals surface area contributed by atoms with Crippen LogP contribution in [0.2, 0.25) is 0 Å². The first-order chi connectivity index (χ1) is 12.0. The molecule has 0 saturated carbocycles. The fraction of sp³-hybridized carbons (Fsp3) is 0.778. The molecule has 0 aromatic rings. The predicted octanol–water partition coefficient (Wildman–Crippen LogP) is 3.01. The standard InChI is InChI=1S/C10H18O4.C7H14O2.CO.Fe/c1-3-13-9(11)7-5-6-8-10(12)14-4-2;1-3-4-5-6-7(8)9-2;1-2;/h3-8H2,1-2H3;3-6H2,1-2H3;;. The van der Waals surface area contributed by atoms with Crippen molar-refractivity contribution in [1.29, 1.82) is 0 Å². The van der Waals surface area contributed by atoms with E-state index in [9.17, 15) is 14.4 Å². The fourth-order valence-corrected chi connectivity index (χ4v) is 1.63. The molecule has 8 heteroatoms. The number of hydrogen-bond donors (Lipinski definition) is 0. The molecule has 0 aromatic heterocycles. The summed E-state index contributed by atoms with van der Waals surface area (Å²) in [4.78, 5) is 39.7. The number of carbonyl (C=O) groups excluding carboxylic acids is 4. The average Bonchev–Trinajstić information content (AvgIpc) is 2.61. The number of esters is 3. The minimum absolute atomic E-state index is 0. The molecule has 0 heterocycles. The van der Waals surface area contributed by atoms with E-state index in [-0.39, 0.29) is 35.0 Å². The van der Waals surface area contributed by atoms with Gasteiger partial charge in [-0.2, -0.15) is 0 Å². The van der Waals surface area contributed by atoms with Gasteiger partial charge in [0, 0.05) is 36.3 Å².